The van der Waals surface area contributed by atoms with Crippen molar-refractivity contribution in [2.24, 2.45) is 0 Å². The van der Waals surface area contributed by atoms with Crippen LogP contribution >= 0.6 is 11.6 Å². The fourth-order valence-electron chi connectivity index (χ4n) is 2.97. The van der Waals surface area contributed by atoms with E-state index in [1.54, 1.807) is 42.6 Å². The van der Waals surface area contributed by atoms with E-state index in [0.717, 1.165) is 0 Å². The number of halogens is 1. The van der Waals surface area contributed by atoms with Crippen molar-refractivity contribution in [3.8, 4) is 0 Å². The van der Waals surface area contributed by atoms with Crippen molar-refractivity contribution in [1.29, 1.82) is 0 Å². The Kier molecular flexibility index (Phi) is 6.79. The van der Waals surface area contributed by atoms with E-state index >= 15 is 0 Å². The quantitative estimate of drug-likeness (QED) is 0.685. The van der Waals surface area contributed by atoms with E-state index in [-0.39, 0.29) is 50.6 Å². The topological polar surface area (TPSA) is 83.0 Å². The highest BCUT2D eigenvalue weighted by Crippen LogP contribution is 2.23. The first kappa shape index (κ1) is 20.8. The molecule has 1 aromatic heterocycles. The number of pyridine rings is 1. The fraction of sp³-hybridized carbons (Fsp3) is 0.300. The van der Waals surface area contributed by atoms with Crippen LogP contribution in [-0.2, 0) is 14.3 Å². The molecule has 0 saturated carbocycles. The van der Waals surface area contributed by atoms with E-state index in [2.05, 4.69) is 4.98 Å². The molecule has 0 bridgehead atoms. The molecule has 0 N–H and O–H groups in total. The molecule has 1 aromatic carbocycles. The maximum absolute atomic E-state index is 12.8. The zero-order valence-electron chi connectivity index (χ0n) is 16.0. The minimum absolute atomic E-state index is 0.0510. The molecule has 0 radical (unpaired) electrons. The number of nitrogens with zero attached hydrogens (tertiary/aromatic N) is 4. The van der Waals surface area contributed by atoms with Crippen LogP contribution in [0, 0.1) is 0 Å². The van der Waals surface area contributed by atoms with Crippen LogP contribution in [-0.4, -0.2) is 72.5 Å². The molecule has 0 aliphatic carbocycles. The van der Waals surface area contributed by atoms with Gasteiger partial charge in [0.25, 0.3) is 5.91 Å². The molecule has 2 heterocycles. The van der Waals surface area contributed by atoms with Crippen LogP contribution < -0.4 is 4.90 Å². The number of amides is 3. The number of hydrogen-bond donors (Lipinski definition) is 0. The first-order valence-corrected chi connectivity index (χ1v) is 9.39. The van der Waals surface area contributed by atoms with Gasteiger partial charge in [-0.05, 0) is 30.3 Å². The molecule has 0 spiro atoms. The summed E-state index contributed by atoms with van der Waals surface area (Å²) in [7, 11) is 1.52. The van der Waals surface area contributed by atoms with E-state index in [1.165, 1.54) is 28.0 Å². The smallest absolute Gasteiger partial charge is 0.255 e. The van der Waals surface area contributed by atoms with Crippen molar-refractivity contribution in [3.05, 3.63) is 59.4 Å². The second kappa shape index (κ2) is 9.49. The molecule has 1 aliphatic rings. The number of hydrogen-bond acceptors (Lipinski definition) is 5. The Morgan fingerprint density at radius 1 is 1.28 bits per heavy atom. The number of anilines is 1. The highest BCUT2D eigenvalue weighted by molar-refractivity contribution is 6.31. The molecule has 1 aliphatic heterocycles. The maximum Gasteiger partial charge on any atom is 0.255 e. The van der Waals surface area contributed by atoms with Crippen molar-refractivity contribution in [1.82, 2.24) is 14.8 Å². The predicted octanol–water partition coefficient (Wildman–Crippen LogP) is 1.66. The third kappa shape index (κ3) is 5.10. The SMILES string of the molecule is COCCN(CC(=O)N1CC(=O)N(c2cccc(Cl)c2)C1)C(=O)c1cccnc1. The third-order valence-corrected chi connectivity index (χ3v) is 4.73. The van der Waals surface area contributed by atoms with Crippen LogP contribution in [0.3, 0.4) is 0 Å². The van der Waals surface area contributed by atoms with Gasteiger partial charge in [0.15, 0.2) is 0 Å². The van der Waals surface area contributed by atoms with Gasteiger partial charge in [-0.2, -0.15) is 0 Å². The molecule has 8 nitrogen and oxygen atoms in total. The Labute approximate surface area is 173 Å². The minimum Gasteiger partial charge on any atom is -0.383 e. The maximum atomic E-state index is 12.8. The molecule has 1 fully saturated rings. The number of carbonyl (C=O) groups excluding carboxylic acids is 3. The number of methoxy groups -OCH3 is 1. The van der Waals surface area contributed by atoms with Gasteiger partial charge in [-0.25, -0.2) is 0 Å². The second-order valence-corrected chi connectivity index (χ2v) is 6.93. The zero-order valence-corrected chi connectivity index (χ0v) is 16.7. The van der Waals surface area contributed by atoms with E-state index in [9.17, 15) is 14.4 Å². The van der Waals surface area contributed by atoms with E-state index in [0.29, 0.717) is 16.3 Å². The van der Waals surface area contributed by atoms with Crippen LogP contribution in [0.4, 0.5) is 5.69 Å². The Bertz CT molecular complexity index is 893. The summed E-state index contributed by atoms with van der Waals surface area (Å²) in [6, 6.07) is 10.2. The molecule has 29 heavy (non-hydrogen) atoms. The lowest BCUT2D eigenvalue weighted by Crippen LogP contribution is -2.44. The Balaban J connectivity index is 1.69. The minimum atomic E-state index is -0.323. The number of rotatable bonds is 7. The summed E-state index contributed by atoms with van der Waals surface area (Å²) in [6.45, 7) is 0.429. The standard InChI is InChI=1S/C20H21ClN4O4/c1-29-9-8-23(20(28)15-4-3-7-22-11-15)12-18(26)24-13-19(27)25(14-24)17-6-2-5-16(21)10-17/h2-7,10-11H,8-9,12-14H2,1H3. The predicted molar refractivity (Wildman–Crippen MR) is 108 cm³/mol. The molecule has 3 rings (SSSR count). The average Bonchev–Trinajstić information content (AvgIpc) is 3.13. The van der Waals surface area contributed by atoms with E-state index in [4.69, 9.17) is 16.3 Å². The van der Waals surface area contributed by atoms with Gasteiger partial charge >= 0.3 is 0 Å². The average molecular weight is 417 g/mol. The van der Waals surface area contributed by atoms with Crippen LogP contribution in [0.1, 0.15) is 10.4 Å². The number of aromatic nitrogens is 1. The summed E-state index contributed by atoms with van der Waals surface area (Å²) < 4.78 is 5.06. The van der Waals surface area contributed by atoms with Crippen molar-refractivity contribution in [3.63, 3.8) is 0 Å². The van der Waals surface area contributed by atoms with Gasteiger partial charge in [-0.3, -0.25) is 24.3 Å². The van der Waals surface area contributed by atoms with Gasteiger partial charge in [0.05, 0.1) is 12.2 Å². The summed E-state index contributed by atoms with van der Waals surface area (Å²) in [5, 5.41) is 0.507. The van der Waals surface area contributed by atoms with Crippen LogP contribution in [0.2, 0.25) is 5.02 Å². The molecule has 3 amide bonds. The first-order chi connectivity index (χ1) is 14.0. The monoisotopic (exact) mass is 416 g/mol. The van der Waals surface area contributed by atoms with Crippen molar-refractivity contribution >= 4 is 35.0 Å². The van der Waals surface area contributed by atoms with Gasteiger partial charge in [-0.15, -0.1) is 0 Å². The molecular weight excluding hydrogens is 396 g/mol. The summed E-state index contributed by atoms with van der Waals surface area (Å²) in [4.78, 5) is 46.2. The Hall–Kier alpha value is -2.97. The fourth-order valence-corrected chi connectivity index (χ4v) is 3.16. The largest absolute Gasteiger partial charge is 0.383 e. The van der Waals surface area contributed by atoms with Crippen LogP contribution in [0.15, 0.2) is 48.8 Å². The molecule has 0 unspecified atom stereocenters. The summed E-state index contributed by atoms with van der Waals surface area (Å²) in [6.07, 6.45) is 3.02. The lowest BCUT2D eigenvalue weighted by Gasteiger charge is -2.25. The number of benzene rings is 1. The molecule has 1 saturated heterocycles. The molecule has 9 heteroatoms. The molecule has 0 atom stereocenters. The van der Waals surface area contributed by atoms with Crippen LogP contribution in [0.25, 0.3) is 0 Å². The number of carbonyl (C=O) groups is 3. The second-order valence-electron chi connectivity index (χ2n) is 6.50. The molecular formula is C20H21ClN4O4. The van der Waals surface area contributed by atoms with Gasteiger partial charge in [0.1, 0.15) is 19.8 Å². The van der Waals surface area contributed by atoms with E-state index in [1.807, 2.05) is 0 Å². The van der Waals surface area contributed by atoms with Gasteiger partial charge in [0, 0.05) is 36.8 Å². The van der Waals surface area contributed by atoms with Gasteiger partial charge < -0.3 is 14.5 Å². The normalized spacial score (nSPS) is 13.7. The van der Waals surface area contributed by atoms with Gasteiger partial charge in [-0.1, -0.05) is 17.7 Å². The van der Waals surface area contributed by atoms with Crippen LogP contribution in [0.5, 0.6) is 0 Å². The highest BCUT2D eigenvalue weighted by Gasteiger charge is 2.33. The number of ether oxygens (including phenoxy) is 1. The third-order valence-electron chi connectivity index (χ3n) is 4.50. The Morgan fingerprint density at radius 2 is 2.10 bits per heavy atom. The Morgan fingerprint density at radius 3 is 2.79 bits per heavy atom. The van der Waals surface area contributed by atoms with E-state index < -0.39 is 0 Å². The summed E-state index contributed by atoms with van der Waals surface area (Å²) >= 11 is 6.00. The van der Waals surface area contributed by atoms with Crippen molar-refractivity contribution < 1.29 is 19.1 Å². The lowest BCUT2D eigenvalue weighted by molar-refractivity contribution is -0.132. The molecule has 2 aromatic rings. The summed E-state index contributed by atoms with van der Waals surface area (Å²) in [5.41, 5.74) is 1.01. The molecule has 152 valence electrons. The first-order valence-electron chi connectivity index (χ1n) is 9.01. The zero-order chi connectivity index (χ0) is 20.8. The van der Waals surface area contributed by atoms with Crippen molar-refractivity contribution in [2.45, 2.75) is 0 Å². The van der Waals surface area contributed by atoms with Crippen molar-refractivity contribution in [2.75, 3.05) is 44.9 Å². The lowest BCUT2D eigenvalue weighted by atomic mass is 10.2. The highest BCUT2D eigenvalue weighted by atomic mass is 35.5. The summed E-state index contributed by atoms with van der Waals surface area (Å²) in [5.74, 6) is -0.848. The van der Waals surface area contributed by atoms with Gasteiger partial charge in [0.2, 0.25) is 11.8 Å².